The molecule has 0 atom stereocenters. The topological polar surface area (TPSA) is 41.0 Å². The Hall–Kier alpha value is -0.960. The van der Waals surface area contributed by atoms with E-state index in [1.165, 1.54) is 25.7 Å². The van der Waals surface area contributed by atoms with Crippen molar-refractivity contribution in [2.24, 2.45) is 5.92 Å². The maximum atomic E-state index is 4.29. The van der Waals surface area contributed by atoms with Gasteiger partial charge in [-0.1, -0.05) is 11.8 Å². The zero-order valence-corrected chi connectivity index (χ0v) is 14.4. The van der Waals surface area contributed by atoms with Gasteiger partial charge >= 0.3 is 0 Å². The normalized spacial score (nSPS) is 21.9. The lowest BCUT2D eigenvalue weighted by Gasteiger charge is -2.26. The lowest BCUT2D eigenvalue weighted by Crippen LogP contribution is -2.33. The van der Waals surface area contributed by atoms with Crippen LogP contribution in [0.2, 0.25) is 0 Å². The van der Waals surface area contributed by atoms with Gasteiger partial charge in [-0.05, 0) is 55.7 Å². The largest absolute Gasteiger partial charge is 0.307 e. The van der Waals surface area contributed by atoms with E-state index in [0.717, 1.165) is 23.4 Å². The van der Waals surface area contributed by atoms with Crippen molar-refractivity contribution in [3.63, 3.8) is 0 Å². The molecule has 0 bridgehead atoms. The number of rotatable bonds is 4. The van der Waals surface area contributed by atoms with Crippen LogP contribution in [0.4, 0.5) is 0 Å². The summed E-state index contributed by atoms with van der Waals surface area (Å²) in [5.74, 6) is 8.10. The van der Waals surface area contributed by atoms with E-state index in [2.05, 4.69) is 62.1 Å². The summed E-state index contributed by atoms with van der Waals surface area (Å²) >= 11 is 3.35. The average molecular weight is 351 g/mol. The Morgan fingerprint density at radius 3 is 2.52 bits per heavy atom. The first kappa shape index (κ1) is 16.4. The molecule has 0 amide bonds. The zero-order chi connectivity index (χ0) is 15.1. The zero-order valence-electron chi connectivity index (χ0n) is 12.8. The van der Waals surface area contributed by atoms with Crippen molar-refractivity contribution in [2.45, 2.75) is 38.3 Å². The maximum absolute atomic E-state index is 4.29. The molecule has 0 unspecified atom stereocenters. The van der Waals surface area contributed by atoms with Gasteiger partial charge in [0.15, 0.2) is 0 Å². The molecule has 114 valence electrons. The Kier molecular flexibility index (Phi) is 6.62. The summed E-state index contributed by atoms with van der Waals surface area (Å²) in [6.45, 7) is 1.61. The summed E-state index contributed by atoms with van der Waals surface area (Å²) in [6.07, 6.45) is 8.36. The van der Waals surface area contributed by atoms with E-state index in [1.807, 2.05) is 0 Å². The van der Waals surface area contributed by atoms with Gasteiger partial charge in [0.2, 0.25) is 0 Å². The SMILES string of the molecule is CN(C)CC#CC1CCC(NCc2ncc(Br)cn2)CC1. The number of hydrogen-bond donors (Lipinski definition) is 1. The highest BCUT2D eigenvalue weighted by molar-refractivity contribution is 9.10. The fraction of sp³-hybridized carbons (Fsp3) is 0.625. The average Bonchev–Trinajstić information content (AvgIpc) is 2.48. The van der Waals surface area contributed by atoms with Crippen molar-refractivity contribution in [3.8, 4) is 11.8 Å². The van der Waals surface area contributed by atoms with Crippen LogP contribution in [0, 0.1) is 17.8 Å². The van der Waals surface area contributed by atoms with Crippen LogP contribution in [0.5, 0.6) is 0 Å². The van der Waals surface area contributed by atoms with Crippen molar-refractivity contribution in [2.75, 3.05) is 20.6 Å². The molecule has 5 heteroatoms. The Bertz CT molecular complexity index is 481. The number of hydrogen-bond acceptors (Lipinski definition) is 4. The Labute approximate surface area is 135 Å². The van der Waals surface area contributed by atoms with Gasteiger partial charge in [0.1, 0.15) is 5.82 Å². The lowest BCUT2D eigenvalue weighted by molar-refractivity contribution is 0.330. The molecule has 0 aromatic carbocycles. The molecule has 21 heavy (non-hydrogen) atoms. The second-order valence-corrected chi connectivity index (χ2v) is 6.72. The van der Waals surface area contributed by atoms with Crippen LogP contribution in [-0.2, 0) is 6.54 Å². The van der Waals surface area contributed by atoms with E-state index < -0.39 is 0 Å². The highest BCUT2D eigenvalue weighted by atomic mass is 79.9. The number of aromatic nitrogens is 2. The van der Waals surface area contributed by atoms with Crippen molar-refractivity contribution < 1.29 is 0 Å². The molecular formula is C16H23BrN4. The molecule has 1 aliphatic rings. The molecule has 1 fully saturated rings. The minimum Gasteiger partial charge on any atom is -0.307 e. The molecular weight excluding hydrogens is 328 g/mol. The number of halogens is 1. The first-order valence-corrected chi connectivity index (χ1v) is 8.25. The summed E-state index contributed by atoms with van der Waals surface area (Å²) in [7, 11) is 4.11. The second-order valence-electron chi connectivity index (χ2n) is 5.81. The molecule has 0 radical (unpaired) electrons. The quantitative estimate of drug-likeness (QED) is 0.846. The Morgan fingerprint density at radius 2 is 1.90 bits per heavy atom. The predicted molar refractivity (Wildman–Crippen MR) is 88.6 cm³/mol. The van der Waals surface area contributed by atoms with Crippen molar-refractivity contribution in [3.05, 3.63) is 22.7 Å². The molecule has 1 saturated carbocycles. The van der Waals surface area contributed by atoms with Crippen molar-refractivity contribution in [1.82, 2.24) is 20.2 Å². The van der Waals surface area contributed by atoms with Crippen LogP contribution >= 0.6 is 15.9 Å². The third kappa shape index (κ3) is 6.13. The van der Waals surface area contributed by atoms with Crippen LogP contribution in [0.15, 0.2) is 16.9 Å². The van der Waals surface area contributed by atoms with Gasteiger partial charge in [0.05, 0.1) is 17.6 Å². The van der Waals surface area contributed by atoms with E-state index in [0.29, 0.717) is 12.0 Å². The molecule has 0 saturated heterocycles. The third-order valence-electron chi connectivity index (χ3n) is 3.65. The fourth-order valence-electron chi connectivity index (χ4n) is 2.46. The maximum Gasteiger partial charge on any atom is 0.142 e. The van der Waals surface area contributed by atoms with Gasteiger partial charge in [0, 0.05) is 24.4 Å². The predicted octanol–water partition coefficient (Wildman–Crippen LogP) is 2.45. The van der Waals surface area contributed by atoms with E-state index in [4.69, 9.17) is 0 Å². The van der Waals surface area contributed by atoms with Gasteiger partial charge in [0.25, 0.3) is 0 Å². The summed E-state index contributed by atoms with van der Waals surface area (Å²) in [6, 6.07) is 0.573. The van der Waals surface area contributed by atoms with Crippen molar-refractivity contribution in [1.29, 1.82) is 0 Å². The van der Waals surface area contributed by atoms with Crippen molar-refractivity contribution >= 4 is 15.9 Å². The van der Waals surface area contributed by atoms with Gasteiger partial charge in [-0.15, -0.1) is 0 Å². The molecule has 1 N–H and O–H groups in total. The summed E-state index contributed by atoms with van der Waals surface area (Å²) in [4.78, 5) is 10.7. The molecule has 0 aliphatic heterocycles. The molecule has 1 aromatic rings. The monoisotopic (exact) mass is 350 g/mol. The summed E-state index contributed by atoms with van der Waals surface area (Å²) < 4.78 is 0.919. The van der Waals surface area contributed by atoms with Gasteiger partial charge in [-0.25, -0.2) is 9.97 Å². The lowest BCUT2D eigenvalue weighted by atomic mass is 9.86. The number of nitrogens with zero attached hydrogens (tertiary/aromatic N) is 3. The molecule has 0 spiro atoms. The van der Waals surface area contributed by atoms with E-state index in [-0.39, 0.29) is 0 Å². The minimum absolute atomic E-state index is 0.573. The summed E-state index contributed by atoms with van der Waals surface area (Å²) in [5.41, 5.74) is 0. The van der Waals surface area contributed by atoms with Gasteiger partial charge < -0.3 is 5.32 Å². The first-order chi connectivity index (χ1) is 10.1. The van der Waals surface area contributed by atoms with Crippen LogP contribution < -0.4 is 5.32 Å². The highest BCUT2D eigenvalue weighted by Crippen LogP contribution is 2.23. The number of nitrogens with one attached hydrogen (secondary N) is 1. The molecule has 1 aliphatic carbocycles. The smallest absolute Gasteiger partial charge is 0.142 e. The summed E-state index contributed by atoms with van der Waals surface area (Å²) in [5, 5.41) is 3.56. The van der Waals surface area contributed by atoms with E-state index in [1.54, 1.807) is 12.4 Å². The molecule has 1 aromatic heterocycles. The molecule has 1 heterocycles. The fourth-order valence-corrected chi connectivity index (χ4v) is 2.66. The minimum atomic E-state index is 0.573. The van der Waals surface area contributed by atoms with Crippen LogP contribution in [0.3, 0.4) is 0 Å². The Balaban J connectivity index is 1.69. The molecule has 2 rings (SSSR count). The Morgan fingerprint density at radius 1 is 1.24 bits per heavy atom. The standard InChI is InChI=1S/C16H23BrN4/c1-21(2)9-3-4-13-5-7-15(8-6-13)18-12-16-19-10-14(17)11-20-16/h10-11,13,15,18H,5-9,12H2,1-2H3. The second kappa shape index (κ2) is 8.47. The first-order valence-electron chi connectivity index (χ1n) is 7.46. The van der Waals surface area contributed by atoms with Crippen LogP contribution in [-0.4, -0.2) is 41.5 Å². The molecule has 4 nitrogen and oxygen atoms in total. The highest BCUT2D eigenvalue weighted by Gasteiger charge is 2.19. The third-order valence-corrected chi connectivity index (χ3v) is 4.06. The van der Waals surface area contributed by atoms with Gasteiger partial charge in [-0.2, -0.15) is 0 Å². The van der Waals surface area contributed by atoms with E-state index in [9.17, 15) is 0 Å². The van der Waals surface area contributed by atoms with Crippen LogP contribution in [0.25, 0.3) is 0 Å². The van der Waals surface area contributed by atoms with Gasteiger partial charge in [-0.3, -0.25) is 4.90 Å². The van der Waals surface area contributed by atoms with E-state index >= 15 is 0 Å². The van der Waals surface area contributed by atoms with Crippen LogP contribution in [0.1, 0.15) is 31.5 Å².